The average molecular weight is 1850 g/mol. The minimum atomic E-state index is -0.194. The molecule has 0 bridgehead atoms. The number of fused-ring (bicyclic) bond motifs is 2. The third-order valence-corrected chi connectivity index (χ3v) is 27.1. The maximum atomic E-state index is 12.5. The maximum absolute atomic E-state index is 12.5. The van der Waals surface area contributed by atoms with Gasteiger partial charge in [0.2, 0.25) is 0 Å². The van der Waals surface area contributed by atoms with Gasteiger partial charge >= 0.3 is 0 Å². The zero-order valence-corrected chi connectivity index (χ0v) is 82.3. The number of para-hydroxylation sites is 2. The molecule has 12 aromatic rings. The van der Waals surface area contributed by atoms with Crippen LogP contribution in [-0.4, -0.2) is 129 Å². The standard InChI is InChI=1S/C18H27NO.C17H19NO.C16H13NO2.2C14H19NO.C13H17NO2.C13H17NO.C12H11NOS/c1-12(2)14-7-5-8-15(13(3)4)16(14)11-18(20)17-9-6-10-19-17;1-12-8-9-13-5-2-3-6-14(13)15(12)11-17(19)16-7-4-10-18-16;18-16(17-11-12-6-2-1-3-7-12)15-10-13-8-4-5-9-14(13)19-15;1-10-5-3-6-11(2)12(10)9-14(16)13-7-4-8-15-13;1-2-11-6-3-4-7-12(11)10-14(16)13-8-5-9-15-13;1-16-13-7-3-2-5-10(13)9-12(15)11-6-4-8-14-11;1-10-5-2-3-6-11(10)9-13(15)12-7-4-8-14-12;14-12(11-7-4-8-15-11)13-9-10-5-2-1-3-6-10/h5,7-8,12-13,17,19H,6,9-11H2,1-4H3;2-3,5-6,8-9,16,18H,4,7,10-11H2,1H3;1-10H,11H2,(H,17,18);3,5-6,13,15H,4,7-9H2,1-2H3;3-4,6-7,13,15H,2,5,8-10H2,1H3;2-3,5,7,11,14H,4,6,8-9H2,1H3;2-3,5-6,12,14H,4,7-9H2,1H3;1-8H,9H2,(H,13,14). The number of benzene rings is 10. The van der Waals surface area contributed by atoms with Crippen molar-refractivity contribution in [3.05, 3.63) is 348 Å². The number of thiophene rings is 1. The second-order valence-electron chi connectivity index (χ2n) is 36.8. The number of carbonyl (C=O) groups excluding carboxylic acids is 8. The van der Waals surface area contributed by atoms with Gasteiger partial charge in [0.05, 0.1) is 48.2 Å². The Balaban J connectivity index is 0.000000150. The predicted molar refractivity (Wildman–Crippen MR) is 553 cm³/mol. The molecule has 10 aromatic carbocycles. The predicted octanol–water partition coefficient (Wildman–Crippen LogP) is 20.5. The van der Waals surface area contributed by atoms with Crippen molar-refractivity contribution in [3.63, 3.8) is 0 Å². The van der Waals surface area contributed by atoms with Crippen LogP contribution in [0.15, 0.2) is 259 Å². The second-order valence-corrected chi connectivity index (χ2v) is 37.7. The molecule has 0 aliphatic carbocycles. The minimum absolute atomic E-state index is 0.00569. The molecule has 716 valence electrons. The number of methoxy groups -OCH3 is 1. The molecule has 6 aliphatic heterocycles. The highest BCUT2D eigenvalue weighted by Gasteiger charge is 2.30. The summed E-state index contributed by atoms with van der Waals surface area (Å²) in [5, 5.41) is 30.6. The van der Waals surface area contributed by atoms with Gasteiger partial charge in [-0.3, -0.25) is 38.4 Å². The first-order valence-corrected chi connectivity index (χ1v) is 50.0. The SMILES string of the molecule is CC(C)c1cccc(C(C)C)c1CC(=O)C1CCCN1.CCc1ccccc1CC(=O)C1CCCN1.COc1ccccc1CC(=O)C1CCCN1.Cc1ccc2ccccc2c1CC(=O)C1CCCN1.Cc1cccc(C)c1CC(=O)C1CCCN1.Cc1ccccc1CC(=O)C1CCCN1.O=C(NCc1ccccc1)c1cc2ccccc2o1.O=C(NCc1ccccc1)c1cccs1. The summed E-state index contributed by atoms with van der Waals surface area (Å²) in [6.07, 6.45) is 17.0. The summed E-state index contributed by atoms with van der Waals surface area (Å²) in [5.41, 5.74) is 18.8. The number of hydrogen-bond donors (Lipinski definition) is 8. The van der Waals surface area contributed by atoms with Crippen LogP contribution >= 0.6 is 11.3 Å². The number of ether oxygens (including phenoxy) is 1. The molecule has 8 N–H and O–H groups in total. The normalized spacial score (nSPS) is 17.3. The van der Waals surface area contributed by atoms with Crippen molar-refractivity contribution in [1.82, 2.24) is 42.5 Å². The molecule has 6 aliphatic rings. The number of amides is 2. The van der Waals surface area contributed by atoms with Crippen LogP contribution in [0.3, 0.4) is 0 Å². The lowest BCUT2D eigenvalue weighted by Crippen LogP contribution is -2.32. The Morgan fingerprint density at radius 3 is 1.20 bits per heavy atom. The van der Waals surface area contributed by atoms with Crippen LogP contribution in [0, 0.1) is 27.7 Å². The summed E-state index contributed by atoms with van der Waals surface area (Å²) in [6.45, 7) is 26.3. The summed E-state index contributed by atoms with van der Waals surface area (Å²) in [5.74, 6) is 3.85. The fourth-order valence-corrected chi connectivity index (χ4v) is 18.9. The largest absolute Gasteiger partial charge is 0.496 e. The van der Waals surface area contributed by atoms with Crippen molar-refractivity contribution in [3.8, 4) is 5.75 Å². The number of ketones is 6. The van der Waals surface area contributed by atoms with Crippen LogP contribution in [0.5, 0.6) is 5.75 Å². The molecule has 136 heavy (non-hydrogen) atoms. The second kappa shape index (κ2) is 55.4. The summed E-state index contributed by atoms with van der Waals surface area (Å²) in [7, 11) is 1.64. The summed E-state index contributed by atoms with van der Waals surface area (Å²) >= 11 is 1.45. The fourth-order valence-electron chi connectivity index (χ4n) is 18.3. The van der Waals surface area contributed by atoms with Gasteiger partial charge in [-0.25, -0.2) is 0 Å². The molecule has 18 rings (SSSR count). The Morgan fingerprint density at radius 2 is 0.743 bits per heavy atom. The lowest BCUT2D eigenvalue weighted by Gasteiger charge is -2.20. The van der Waals surface area contributed by atoms with E-state index in [0.717, 1.165) is 167 Å². The van der Waals surface area contributed by atoms with E-state index in [4.69, 9.17) is 9.15 Å². The number of furan rings is 1. The molecule has 6 fully saturated rings. The molecule has 6 unspecified atom stereocenters. The molecular weight excluding hydrogens is 1710 g/mol. The molecule has 0 radical (unpaired) electrons. The van der Waals surface area contributed by atoms with Crippen LogP contribution < -0.4 is 47.3 Å². The quantitative estimate of drug-likeness (QED) is 0.0227. The molecule has 6 saturated heterocycles. The molecule has 19 heteroatoms. The van der Waals surface area contributed by atoms with Crippen LogP contribution in [-0.2, 0) is 86.8 Å². The van der Waals surface area contributed by atoms with Crippen molar-refractivity contribution in [2.75, 3.05) is 46.4 Å². The topological polar surface area (TPSA) is 255 Å². The zero-order chi connectivity index (χ0) is 96.5. The van der Waals surface area contributed by atoms with Gasteiger partial charge in [-0.15, -0.1) is 11.3 Å². The van der Waals surface area contributed by atoms with Gasteiger partial charge in [0.25, 0.3) is 11.8 Å². The third kappa shape index (κ3) is 32.5. The van der Waals surface area contributed by atoms with Gasteiger partial charge in [-0.1, -0.05) is 259 Å². The Hall–Kier alpha value is -11.8. The van der Waals surface area contributed by atoms with E-state index in [-0.39, 0.29) is 53.8 Å². The van der Waals surface area contributed by atoms with Crippen LogP contribution in [0.2, 0.25) is 0 Å². The van der Waals surface area contributed by atoms with E-state index in [9.17, 15) is 38.4 Å². The number of carbonyl (C=O) groups is 8. The van der Waals surface area contributed by atoms with Crippen molar-refractivity contribution in [1.29, 1.82) is 0 Å². The minimum Gasteiger partial charge on any atom is -0.496 e. The van der Waals surface area contributed by atoms with E-state index in [1.54, 1.807) is 13.2 Å². The highest BCUT2D eigenvalue weighted by atomic mass is 32.1. The molecule has 6 atom stereocenters. The first kappa shape index (κ1) is 105. The number of nitrogens with one attached hydrogen (secondary N) is 8. The maximum Gasteiger partial charge on any atom is 0.287 e. The lowest BCUT2D eigenvalue weighted by atomic mass is 9.85. The molecule has 0 spiro atoms. The van der Waals surface area contributed by atoms with E-state index in [1.807, 2.05) is 175 Å². The molecule has 2 amide bonds. The van der Waals surface area contributed by atoms with Crippen molar-refractivity contribution < 1.29 is 47.5 Å². The zero-order valence-electron chi connectivity index (χ0n) is 81.5. The van der Waals surface area contributed by atoms with Crippen LogP contribution in [0.4, 0.5) is 0 Å². The van der Waals surface area contributed by atoms with Gasteiger partial charge in [-0.05, 0) is 281 Å². The van der Waals surface area contributed by atoms with E-state index in [1.165, 1.54) is 83.3 Å². The fraction of sp³-hybridized carbons (Fsp3) is 0.385. The van der Waals surface area contributed by atoms with Crippen molar-refractivity contribution >= 4 is 79.6 Å². The van der Waals surface area contributed by atoms with E-state index in [0.29, 0.717) is 98.1 Å². The van der Waals surface area contributed by atoms with Gasteiger partial charge in [-0.2, -0.15) is 0 Å². The molecule has 2 aromatic heterocycles. The van der Waals surface area contributed by atoms with Crippen LogP contribution in [0.25, 0.3) is 21.7 Å². The van der Waals surface area contributed by atoms with E-state index < -0.39 is 0 Å². The monoisotopic (exact) mass is 1850 g/mol. The first-order chi connectivity index (χ1) is 66.0. The molecule has 0 saturated carbocycles. The van der Waals surface area contributed by atoms with Gasteiger partial charge in [0.1, 0.15) is 11.3 Å². The Labute approximate surface area is 810 Å². The van der Waals surface area contributed by atoms with Crippen molar-refractivity contribution in [2.24, 2.45) is 0 Å². The summed E-state index contributed by atoms with van der Waals surface area (Å²) < 4.78 is 10.7. The Kier molecular flexibility index (Phi) is 42.7. The van der Waals surface area contributed by atoms with Crippen LogP contribution in [0.1, 0.15) is 227 Å². The van der Waals surface area contributed by atoms with Gasteiger partial charge < -0.3 is 51.7 Å². The van der Waals surface area contributed by atoms with E-state index >= 15 is 0 Å². The lowest BCUT2D eigenvalue weighted by molar-refractivity contribution is -0.120. The smallest absolute Gasteiger partial charge is 0.287 e. The molecular formula is C117H142N8O10S. The highest BCUT2D eigenvalue weighted by molar-refractivity contribution is 7.12. The summed E-state index contributed by atoms with van der Waals surface area (Å²) in [6, 6.07) is 82.5. The molecule has 8 heterocycles. The molecule has 18 nitrogen and oxygen atoms in total. The Morgan fingerprint density at radius 1 is 0.360 bits per heavy atom. The van der Waals surface area contributed by atoms with Crippen molar-refractivity contribution in [2.45, 2.75) is 245 Å². The highest BCUT2D eigenvalue weighted by Crippen LogP contribution is 2.31. The number of aryl methyl sites for hydroxylation is 5. The third-order valence-electron chi connectivity index (χ3n) is 26.2. The Bertz CT molecular complexity index is 5640. The summed E-state index contributed by atoms with van der Waals surface area (Å²) in [4.78, 5) is 97.1. The average Bonchev–Trinajstić information content (AvgIpc) is 1.30. The number of hydrogen-bond acceptors (Lipinski definition) is 17. The van der Waals surface area contributed by atoms with E-state index in [2.05, 4.69) is 178 Å². The van der Waals surface area contributed by atoms with Gasteiger partial charge in [0.15, 0.2) is 40.5 Å². The first-order valence-electron chi connectivity index (χ1n) is 49.1. The van der Waals surface area contributed by atoms with Gasteiger partial charge in [0, 0.05) is 62.6 Å². The number of Topliss-reactive ketones (excluding diaryl/α,β-unsaturated/α-hetero) is 6. The number of rotatable bonds is 28.